The number of thiazole rings is 1. The summed E-state index contributed by atoms with van der Waals surface area (Å²) in [4.78, 5) is 12.6. The normalized spacial score (nSPS) is 14.9. The minimum Gasteiger partial charge on any atom is -0.387 e. The number of hydrogen-bond donors (Lipinski definition) is 2. The molecule has 2 N–H and O–H groups in total. The Morgan fingerprint density at radius 1 is 1.41 bits per heavy atom. The number of aliphatic hydroxyl groups excluding tert-OH is 1. The van der Waals surface area contributed by atoms with E-state index in [2.05, 4.69) is 10.3 Å². The standard InChI is InChI=1S/C19H25ClN4OS.HI/c1-21-19(22-11-16(25)13-6-5-7-14(20)10-13)24(2)12-18-23-15-8-3-4-9-17(15)26-18;/h5-7,10,16,25H,3-4,8-9,11-12H2,1-2H3,(H,21,22);1H. The summed E-state index contributed by atoms with van der Waals surface area (Å²) in [6.45, 7) is 1.08. The molecule has 27 heavy (non-hydrogen) atoms. The number of aromatic nitrogens is 1. The average Bonchev–Trinajstić information content (AvgIpc) is 3.04. The SMILES string of the molecule is CN=C(NCC(O)c1cccc(Cl)c1)N(C)Cc1nc2c(s1)CCCC2.I. The molecule has 0 radical (unpaired) electrons. The molecule has 1 aliphatic rings. The molecule has 1 unspecified atom stereocenters. The van der Waals surface area contributed by atoms with Gasteiger partial charge in [-0.25, -0.2) is 4.98 Å². The van der Waals surface area contributed by atoms with E-state index in [0.29, 0.717) is 18.1 Å². The van der Waals surface area contributed by atoms with Crippen LogP contribution in [0.4, 0.5) is 0 Å². The summed E-state index contributed by atoms with van der Waals surface area (Å²) in [5.74, 6) is 0.735. The quantitative estimate of drug-likeness (QED) is 0.355. The van der Waals surface area contributed by atoms with E-state index >= 15 is 0 Å². The highest BCUT2D eigenvalue weighted by Crippen LogP contribution is 2.27. The summed E-state index contributed by atoms with van der Waals surface area (Å²) in [5, 5.41) is 15.3. The zero-order chi connectivity index (χ0) is 18.5. The molecule has 0 aliphatic heterocycles. The van der Waals surface area contributed by atoms with Gasteiger partial charge < -0.3 is 15.3 Å². The zero-order valence-electron chi connectivity index (χ0n) is 15.6. The largest absolute Gasteiger partial charge is 0.387 e. The smallest absolute Gasteiger partial charge is 0.193 e. The summed E-state index contributed by atoms with van der Waals surface area (Å²) >= 11 is 7.81. The van der Waals surface area contributed by atoms with E-state index in [1.54, 1.807) is 19.2 Å². The Labute approximate surface area is 186 Å². The Morgan fingerprint density at radius 3 is 2.89 bits per heavy atom. The van der Waals surface area contributed by atoms with Crippen molar-refractivity contribution in [3.63, 3.8) is 0 Å². The van der Waals surface area contributed by atoms with Crippen molar-refractivity contribution in [3.8, 4) is 0 Å². The Hall–Kier alpha value is -0.900. The molecule has 0 bridgehead atoms. The number of benzene rings is 1. The second-order valence-corrected chi connectivity index (χ2v) is 8.14. The lowest BCUT2D eigenvalue weighted by molar-refractivity contribution is 0.179. The van der Waals surface area contributed by atoms with Gasteiger partial charge >= 0.3 is 0 Å². The number of rotatable bonds is 5. The molecule has 1 atom stereocenters. The first-order valence-corrected chi connectivity index (χ1v) is 10.1. The lowest BCUT2D eigenvalue weighted by Gasteiger charge is -2.22. The maximum absolute atomic E-state index is 10.4. The Bertz CT molecular complexity index is 759. The summed E-state index contributed by atoms with van der Waals surface area (Å²) < 4.78 is 0. The lowest BCUT2D eigenvalue weighted by Crippen LogP contribution is -2.40. The molecule has 0 spiro atoms. The molecule has 5 nitrogen and oxygen atoms in total. The lowest BCUT2D eigenvalue weighted by atomic mass is 10.0. The number of aryl methyl sites for hydroxylation is 2. The van der Waals surface area contributed by atoms with Crippen molar-refractivity contribution in [1.29, 1.82) is 0 Å². The number of nitrogens with zero attached hydrogens (tertiary/aromatic N) is 3. The second kappa shape index (κ2) is 10.6. The maximum Gasteiger partial charge on any atom is 0.193 e. The van der Waals surface area contributed by atoms with Crippen LogP contribution in [0.3, 0.4) is 0 Å². The highest BCUT2D eigenvalue weighted by Gasteiger charge is 2.17. The Balaban J connectivity index is 0.00000261. The van der Waals surface area contributed by atoms with Gasteiger partial charge in [0.1, 0.15) is 5.01 Å². The fraction of sp³-hybridized carbons (Fsp3) is 0.474. The van der Waals surface area contributed by atoms with Crippen LogP contribution in [0, 0.1) is 0 Å². The molecule has 1 heterocycles. The van der Waals surface area contributed by atoms with E-state index in [4.69, 9.17) is 16.6 Å². The first-order valence-electron chi connectivity index (χ1n) is 8.89. The first-order chi connectivity index (χ1) is 12.6. The van der Waals surface area contributed by atoms with Crippen LogP contribution in [0.1, 0.15) is 40.1 Å². The van der Waals surface area contributed by atoms with Crippen molar-refractivity contribution in [2.75, 3.05) is 20.6 Å². The monoisotopic (exact) mass is 520 g/mol. The minimum absolute atomic E-state index is 0. The molecular formula is C19H26ClIN4OS. The van der Waals surface area contributed by atoms with Gasteiger partial charge in [0.15, 0.2) is 5.96 Å². The molecule has 1 aromatic heterocycles. The third-order valence-corrected chi connectivity index (χ3v) is 5.90. The van der Waals surface area contributed by atoms with E-state index in [0.717, 1.165) is 29.4 Å². The van der Waals surface area contributed by atoms with Gasteiger partial charge in [-0.1, -0.05) is 23.7 Å². The predicted octanol–water partition coefficient (Wildman–Crippen LogP) is 4.03. The van der Waals surface area contributed by atoms with Gasteiger partial charge in [0, 0.05) is 30.5 Å². The van der Waals surface area contributed by atoms with Crippen LogP contribution in [-0.4, -0.2) is 41.6 Å². The number of aliphatic hydroxyl groups is 1. The molecular weight excluding hydrogens is 495 g/mol. The van der Waals surface area contributed by atoms with Gasteiger partial charge in [-0.05, 0) is 43.4 Å². The number of nitrogens with one attached hydrogen (secondary N) is 1. The maximum atomic E-state index is 10.4. The first kappa shape index (κ1) is 22.4. The molecule has 1 aromatic carbocycles. The van der Waals surface area contributed by atoms with E-state index in [-0.39, 0.29) is 24.0 Å². The molecule has 0 amide bonds. The number of hydrogen-bond acceptors (Lipinski definition) is 4. The van der Waals surface area contributed by atoms with Crippen LogP contribution in [0.5, 0.6) is 0 Å². The number of aliphatic imine (C=N–C) groups is 1. The summed E-state index contributed by atoms with van der Waals surface area (Å²) in [6, 6.07) is 7.28. The molecule has 0 fully saturated rings. The molecule has 0 saturated carbocycles. The number of halogens is 2. The van der Waals surface area contributed by atoms with Crippen molar-refractivity contribution in [2.24, 2.45) is 4.99 Å². The van der Waals surface area contributed by atoms with E-state index in [1.807, 2.05) is 35.4 Å². The van der Waals surface area contributed by atoms with E-state index < -0.39 is 6.10 Å². The third-order valence-electron chi connectivity index (χ3n) is 4.52. The molecule has 2 aromatic rings. The average molecular weight is 521 g/mol. The van der Waals surface area contributed by atoms with E-state index in [9.17, 15) is 5.11 Å². The van der Waals surface area contributed by atoms with Crippen molar-refractivity contribution in [1.82, 2.24) is 15.2 Å². The molecule has 0 saturated heterocycles. The minimum atomic E-state index is -0.647. The van der Waals surface area contributed by atoms with Crippen LogP contribution in [0.15, 0.2) is 29.3 Å². The third kappa shape index (κ3) is 6.04. The second-order valence-electron chi connectivity index (χ2n) is 6.54. The predicted molar refractivity (Wildman–Crippen MR) is 123 cm³/mol. The van der Waals surface area contributed by atoms with E-state index in [1.165, 1.54) is 23.4 Å². The van der Waals surface area contributed by atoms with Crippen LogP contribution in [0.2, 0.25) is 5.02 Å². The van der Waals surface area contributed by atoms with Crippen LogP contribution in [0.25, 0.3) is 0 Å². The number of fused-ring (bicyclic) bond motifs is 1. The molecule has 8 heteroatoms. The van der Waals surface area contributed by atoms with Gasteiger partial charge in [-0.2, -0.15) is 0 Å². The van der Waals surface area contributed by atoms with Crippen molar-refractivity contribution in [2.45, 2.75) is 38.3 Å². The van der Waals surface area contributed by atoms with Gasteiger partial charge in [-0.3, -0.25) is 4.99 Å². The highest BCUT2D eigenvalue weighted by atomic mass is 127. The fourth-order valence-electron chi connectivity index (χ4n) is 3.16. The zero-order valence-corrected chi connectivity index (χ0v) is 19.5. The summed E-state index contributed by atoms with van der Waals surface area (Å²) in [6.07, 6.45) is 4.14. The van der Waals surface area contributed by atoms with Gasteiger partial charge in [0.05, 0.1) is 18.3 Å². The topological polar surface area (TPSA) is 60.8 Å². The van der Waals surface area contributed by atoms with Crippen LogP contribution in [-0.2, 0) is 19.4 Å². The van der Waals surface area contributed by atoms with Gasteiger partial charge in [-0.15, -0.1) is 35.3 Å². The van der Waals surface area contributed by atoms with Crippen LogP contribution >= 0.6 is 46.9 Å². The Morgan fingerprint density at radius 2 is 2.19 bits per heavy atom. The molecule has 3 rings (SSSR count). The summed E-state index contributed by atoms with van der Waals surface area (Å²) in [5.41, 5.74) is 2.07. The van der Waals surface area contributed by atoms with Crippen LogP contribution < -0.4 is 5.32 Å². The molecule has 1 aliphatic carbocycles. The fourth-order valence-corrected chi connectivity index (χ4v) is 4.56. The Kier molecular flexibility index (Phi) is 8.78. The van der Waals surface area contributed by atoms with Gasteiger partial charge in [0.25, 0.3) is 0 Å². The molecule has 148 valence electrons. The van der Waals surface area contributed by atoms with Crippen molar-refractivity contribution < 1.29 is 5.11 Å². The number of guanidine groups is 1. The van der Waals surface area contributed by atoms with Gasteiger partial charge in [0.2, 0.25) is 0 Å². The highest BCUT2D eigenvalue weighted by molar-refractivity contribution is 14.0. The van der Waals surface area contributed by atoms with Crippen molar-refractivity contribution >= 4 is 52.9 Å². The summed E-state index contributed by atoms with van der Waals surface area (Å²) in [7, 11) is 3.74. The van der Waals surface area contributed by atoms with Crippen molar-refractivity contribution in [3.05, 3.63) is 50.4 Å².